The molecule has 1 N–H and O–H groups in total. The van der Waals surface area contributed by atoms with Crippen LogP contribution in [0.4, 0.5) is 45.9 Å². The highest BCUT2D eigenvalue weighted by molar-refractivity contribution is 9.10. The Morgan fingerprint density at radius 1 is 0.636 bits per heavy atom. The monoisotopic (exact) mass is 1160 g/mol. The molecule has 0 saturated carbocycles. The number of H-pyrrole nitrogens is 1. The highest BCUT2D eigenvalue weighted by atomic mass is 79.9. The van der Waals surface area contributed by atoms with Gasteiger partial charge in [0.1, 0.15) is 11.6 Å². The molecular formula is C54H63BrF2N8O10S2. The number of aromatic nitrogens is 4. The number of methoxy groups -OCH3 is 3. The zero-order valence-electron chi connectivity index (χ0n) is 41.3. The Hall–Kier alpha value is -7.76. The van der Waals surface area contributed by atoms with Crippen molar-refractivity contribution < 1.29 is 54.2 Å². The number of imidazole rings is 1. The van der Waals surface area contributed by atoms with Gasteiger partial charge < -0.3 is 24.1 Å². The Kier molecular flexibility index (Phi) is 20.4. The van der Waals surface area contributed by atoms with E-state index in [0.29, 0.717) is 39.9 Å². The summed E-state index contributed by atoms with van der Waals surface area (Å²) in [5, 5.41) is 0.866. The van der Waals surface area contributed by atoms with Gasteiger partial charge in [0, 0.05) is 78.5 Å². The fourth-order valence-electron chi connectivity index (χ4n) is 7.94. The standard InChI is InChI=1S/C18H17BrN2O4S.C18H17FN2O4S.C15H17FN4O2.3CH4/c2*1-12-4-6-14(7-5-12)26(23,24)21-9-8-15-16(19)10-13(11-17(15)21)20(2)18(22)25-3;1-19(15(21)22-2)11-5-13(16)12-3-4-20(14(12)6-11)8-10-7-17-9-18-10;;;/h2*4-11H,1-3H3;5-7,9H,3-4,8H2,1-2H3,(H,17,18);3*1H4. The molecule has 0 saturated heterocycles. The van der Waals surface area contributed by atoms with Gasteiger partial charge in [-0.05, 0) is 93.1 Å². The summed E-state index contributed by atoms with van der Waals surface area (Å²) in [6, 6.07) is 25.3. The molecular weight excluding hydrogens is 1100 g/mol. The minimum Gasteiger partial charge on any atom is -0.452 e. The fraction of sp³-hybridized carbons (Fsp3) is 0.259. The number of halogens is 3. The Labute approximate surface area is 456 Å². The molecule has 3 aromatic heterocycles. The van der Waals surface area contributed by atoms with Crippen LogP contribution in [0.15, 0.2) is 136 Å². The van der Waals surface area contributed by atoms with E-state index in [1.807, 2.05) is 19.9 Å². The lowest BCUT2D eigenvalue weighted by molar-refractivity contribution is 0.179. The van der Waals surface area contributed by atoms with Gasteiger partial charge in [-0.25, -0.2) is 52.9 Å². The zero-order chi connectivity index (χ0) is 53.8. The third-order valence-electron chi connectivity index (χ3n) is 12.1. The van der Waals surface area contributed by atoms with Crippen molar-refractivity contribution in [2.45, 2.75) is 58.9 Å². The van der Waals surface area contributed by atoms with Crippen molar-refractivity contribution >= 4 is 98.8 Å². The van der Waals surface area contributed by atoms with Gasteiger partial charge in [0.15, 0.2) is 0 Å². The second-order valence-electron chi connectivity index (χ2n) is 16.8. The first-order chi connectivity index (χ1) is 35.1. The van der Waals surface area contributed by atoms with Crippen molar-refractivity contribution in [3.63, 3.8) is 0 Å². The summed E-state index contributed by atoms with van der Waals surface area (Å²) in [5.74, 6) is -0.929. The summed E-state index contributed by atoms with van der Waals surface area (Å²) in [6.45, 7) is 5.10. The van der Waals surface area contributed by atoms with Crippen LogP contribution in [0.2, 0.25) is 0 Å². The third-order valence-corrected chi connectivity index (χ3v) is 16.2. The van der Waals surface area contributed by atoms with Crippen LogP contribution in [0.5, 0.6) is 0 Å². The van der Waals surface area contributed by atoms with Crippen LogP contribution in [0.25, 0.3) is 21.8 Å². The molecule has 8 aromatic rings. The van der Waals surface area contributed by atoms with E-state index in [1.54, 1.807) is 81.2 Å². The molecule has 3 amide bonds. The Morgan fingerprint density at radius 2 is 1.06 bits per heavy atom. The van der Waals surface area contributed by atoms with Crippen molar-refractivity contribution in [3.8, 4) is 0 Å². The lowest BCUT2D eigenvalue weighted by Crippen LogP contribution is -2.26. The number of ether oxygens (including phenoxy) is 3. The first-order valence-electron chi connectivity index (χ1n) is 22.4. The number of fused-ring (bicyclic) bond motifs is 3. The van der Waals surface area contributed by atoms with Gasteiger partial charge in [-0.2, -0.15) is 0 Å². The highest BCUT2D eigenvalue weighted by Gasteiger charge is 2.27. The van der Waals surface area contributed by atoms with E-state index in [4.69, 9.17) is 4.74 Å². The van der Waals surface area contributed by atoms with E-state index in [0.717, 1.165) is 49.4 Å². The van der Waals surface area contributed by atoms with Crippen LogP contribution in [0.3, 0.4) is 0 Å². The molecule has 0 bridgehead atoms. The van der Waals surface area contributed by atoms with E-state index >= 15 is 0 Å². The molecule has 0 spiro atoms. The summed E-state index contributed by atoms with van der Waals surface area (Å²) in [7, 11) is 0.647. The first kappa shape index (κ1) is 61.8. The number of aromatic amines is 1. The molecule has 0 unspecified atom stereocenters. The lowest BCUT2D eigenvalue weighted by Gasteiger charge is -2.21. The molecule has 412 valence electrons. The van der Waals surface area contributed by atoms with Gasteiger partial charge in [-0.15, -0.1) is 0 Å². The normalized spacial score (nSPS) is 11.5. The number of rotatable bonds is 9. The molecule has 4 heterocycles. The third kappa shape index (κ3) is 12.9. The van der Waals surface area contributed by atoms with Crippen LogP contribution in [-0.2, 0) is 47.2 Å². The number of carbonyl (C=O) groups is 3. The summed E-state index contributed by atoms with van der Waals surface area (Å²) in [5.41, 5.74) is 6.11. The SMILES string of the molecule is C.C.C.COC(=O)N(C)c1cc(Br)c2ccn(S(=O)(=O)c3ccc(C)cc3)c2c1.COC(=O)N(C)c1cc(F)c2c(c1)N(Cc1cnc[nH]1)CC2.COC(=O)N(C)c1cc(F)c2ccn(S(=O)(=O)c3ccc(C)cc3)c2c1. The number of hydrogen-bond donors (Lipinski definition) is 1. The average Bonchev–Trinajstić information content (AvgIpc) is 4.24. The van der Waals surface area contributed by atoms with E-state index in [1.165, 1.54) is 84.9 Å². The van der Waals surface area contributed by atoms with Gasteiger partial charge in [0.25, 0.3) is 20.0 Å². The molecule has 0 fully saturated rings. The minimum atomic E-state index is -3.91. The second-order valence-corrected chi connectivity index (χ2v) is 21.3. The predicted molar refractivity (Wildman–Crippen MR) is 301 cm³/mol. The minimum absolute atomic E-state index is 0. The molecule has 1 aliphatic rings. The maximum atomic E-state index is 14.4. The quantitative estimate of drug-likeness (QED) is 0.134. The van der Waals surface area contributed by atoms with Crippen molar-refractivity contribution in [2.24, 2.45) is 0 Å². The average molecular weight is 1170 g/mol. The molecule has 0 atom stereocenters. The number of benzene rings is 5. The number of aryl methyl sites for hydroxylation is 2. The van der Waals surface area contributed by atoms with Crippen LogP contribution in [0.1, 0.15) is 44.7 Å². The van der Waals surface area contributed by atoms with E-state index in [9.17, 15) is 40.0 Å². The highest BCUT2D eigenvalue weighted by Crippen LogP contribution is 2.36. The van der Waals surface area contributed by atoms with Gasteiger partial charge in [-0.1, -0.05) is 73.6 Å². The molecule has 5 aromatic carbocycles. The Morgan fingerprint density at radius 3 is 1.52 bits per heavy atom. The number of amides is 3. The molecule has 77 heavy (non-hydrogen) atoms. The lowest BCUT2D eigenvalue weighted by atomic mass is 10.1. The smallest absolute Gasteiger partial charge is 0.413 e. The Balaban J connectivity index is 0.000000246. The number of nitrogens with zero attached hydrogens (tertiary/aromatic N) is 7. The van der Waals surface area contributed by atoms with Gasteiger partial charge in [-0.3, -0.25) is 14.7 Å². The zero-order valence-corrected chi connectivity index (χ0v) is 44.6. The first-order valence-corrected chi connectivity index (χ1v) is 26.0. The molecule has 9 rings (SSSR count). The number of carbonyl (C=O) groups excluding carboxylic acids is 3. The molecule has 23 heteroatoms. The van der Waals surface area contributed by atoms with Crippen molar-refractivity contribution in [1.82, 2.24) is 17.9 Å². The summed E-state index contributed by atoms with van der Waals surface area (Å²) >= 11 is 3.45. The molecule has 18 nitrogen and oxygen atoms in total. The molecule has 0 radical (unpaired) electrons. The van der Waals surface area contributed by atoms with Crippen LogP contribution < -0.4 is 19.6 Å². The fourth-order valence-corrected chi connectivity index (χ4v) is 11.2. The van der Waals surface area contributed by atoms with Crippen molar-refractivity contribution in [2.75, 3.05) is 68.6 Å². The van der Waals surface area contributed by atoms with Crippen molar-refractivity contribution in [3.05, 3.63) is 160 Å². The van der Waals surface area contributed by atoms with E-state index < -0.39 is 44.1 Å². The van der Waals surface area contributed by atoms with E-state index in [-0.39, 0.29) is 54.5 Å². The summed E-state index contributed by atoms with van der Waals surface area (Å²) in [6.07, 6.45) is 5.05. The van der Waals surface area contributed by atoms with Gasteiger partial charge >= 0.3 is 18.3 Å². The maximum Gasteiger partial charge on any atom is 0.413 e. The van der Waals surface area contributed by atoms with Crippen LogP contribution in [-0.4, -0.2) is 102 Å². The predicted octanol–water partition coefficient (Wildman–Crippen LogP) is 11.9. The topological polar surface area (TPSA) is 199 Å². The van der Waals surface area contributed by atoms with Crippen LogP contribution in [0, 0.1) is 25.5 Å². The Bertz CT molecular complexity index is 3430. The second kappa shape index (κ2) is 25.4. The number of anilines is 4. The molecule has 0 aliphatic carbocycles. The maximum absolute atomic E-state index is 14.4. The van der Waals surface area contributed by atoms with Crippen molar-refractivity contribution in [1.29, 1.82) is 0 Å². The van der Waals surface area contributed by atoms with Crippen LogP contribution >= 0.6 is 15.9 Å². The van der Waals surface area contributed by atoms with Gasteiger partial charge in [0.2, 0.25) is 0 Å². The number of nitrogens with one attached hydrogen (secondary N) is 1. The number of hydrogen-bond acceptors (Lipinski definition) is 12. The summed E-state index contributed by atoms with van der Waals surface area (Å²) < 4.78 is 97.6. The largest absolute Gasteiger partial charge is 0.452 e. The van der Waals surface area contributed by atoms with E-state index in [2.05, 4.69) is 40.3 Å². The molecule has 1 aliphatic heterocycles. The van der Waals surface area contributed by atoms with Gasteiger partial charge in [0.05, 0.1) is 72.1 Å². The summed E-state index contributed by atoms with van der Waals surface area (Å²) in [4.78, 5) is 48.2.